The van der Waals surface area contributed by atoms with E-state index >= 15 is 0 Å². The van der Waals surface area contributed by atoms with Gasteiger partial charge >= 0.3 is 0 Å². The summed E-state index contributed by atoms with van der Waals surface area (Å²) in [6.07, 6.45) is 1.38. The molecule has 0 aliphatic carbocycles. The molecule has 0 saturated carbocycles. The van der Waals surface area contributed by atoms with Crippen LogP contribution in [0.2, 0.25) is 0 Å². The van der Waals surface area contributed by atoms with E-state index in [2.05, 4.69) is 27.6 Å². The summed E-state index contributed by atoms with van der Waals surface area (Å²) >= 11 is 3.48. The minimum Gasteiger partial charge on any atom is -0.503 e. The first kappa shape index (κ1) is 21.7. The largest absolute Gasteiger partial charge is 0.503 e. The molecule has 9 heteroatoms. The van der Waals surface area contributed by atoms with E-state index in [1.165, 1.54) is 28.6 Å². The molecule has 2 aromatic heterocycles. The highest BCUT2D eigenvalue weighted by Crippen LogP contribution is 2.44. The number of thiazole rings is 1. The first-order valence-electron chi connectivity index (χ1n) is 10.1. The molecule has 1 aliphatic rings. The van der Waals surface area contributed by atoms with Crippen LogP contribution >= 0.6 is 33.9 Å². The maximum absolute atomic E-state index is 13.3. The summed E-state index contributed by atoms with van der Waals surface area (Å²) in [5, 5.41) is 11.2. The zero-order chi connectivity index (χ0) is 23.1. The predicted octanol–water partition coefficient (Wildman–Crippen LogP) is 5.68. The van der Waals surface area contributed by atoms with Crippen molar-refractivity contribution in [3.63, 3.8) is 0 Å². The number of amides is 1. The standard InChI is InChI=1S/C24H17IN2O5S/c1-2-31-15-9-10-16-18(12-15)33-24(26-16)27-20(13-5-7-14(25)8-6-13)19(22(29)23(27)30)21(28)17-4-3-11-32-17/h3-12,20,29H,2H2,1H3. The van der Waals surface area contributed by atoms with Gasteiger partial charge in [0.15, 0.2) is 16.7 Å². The summed E-state index contributed by atoms with van der Waals surface area (Å²) in [4.78, 5) is 32.5. The van der Waals surface area contributed by atoms with Crippen molar-refractivity contribution in [3.05, 3.63) is 87.1 Å². The summed E-state index contributed by atoms with van der Waals surface area (Å²) < 4.78 is 12.7. The highest BCUT2D eigenvalue weighted by Gasteiger charge is 2.46. The average Bonchev–Trinajstić information content (AvgIpc) is 3.53. The summed E-state index contributed by atoms with van der Waals surface area (Å²) in [6, 6.07) is 15.2. The number of benzene rings is 2. The fraction of sp³-hybridized carbons (Fsp3) is 0.125. The Kier molecular flexibility index (Phi) is 5.67. The van der Waals surface area contributed by atoms with Gasteiger partial charge in [-0.15, -0.1) is 0 Å². The van der Waals surface area contributed by atoms with Crippen LogP contribution in [0.15, 0.2) is 76.6 Å². The molecule has 0 radical (unpaired) electrons. The molecule has 1 aliphatic heterocycles. The molecule has 5 rings (SSSR count). The summed E-state index contributed by atoms with van der Waals surface area (Å²) in [6.45, 7) is 2.44. The fourth-order valence-corrected chi connectivity index (χ4v) is 5.17. The van der Waals surface area contributed by atoms with Gasteiger partial charge < -0.3 is 14.3 Å². The van der Waals surface area contributed by atoms with E-state index in [0.717, 1.165) is 8.27 Å². The van der Waals surface area contributed by atoms with E-state index in [-0.39, 0.29) is 11.3 Å². The number of carbonyl (C=O) groups is 2. The molecule has 1 N–H and O–H groups in total. The van der Waals surface area contributed by atoms with Crippen LogP contribution < -0.4 is 9.64 Å². The van der Waals surface area contributed by atoms with E-state index in [9.17, 15) is 14.7 Å². The van der Waals surface area contributed by atoms with Gasteiger partial charge in [-0.1, -0.05) is 23.5 Å². The molecule has 2 aromatic carbocycles. The van der Waals surface area contributed by atoms with Crippen molar-refractivity contribution in [3.8, 4) is 5.75 Å². The number of furan rings is 1. The van der Waals surface area contributed by atoms with Crippen molar-refractivity contribution in [1.82, 2.24) is 4.98 Å². The van der Waals surface area contributed by atoms with E-state index in [0.29, 0.717) is 28.6 Å². The Hall–Kier alpha value is -3.18. The number of aliphatic hydroxyl groups excluding tert-OH is 1. The van der Waals surface area contributed by atoms with Gasteiger partial charge in [0.1, 0.15) is 5.75 Å². The topological polar surface area (TPSA) is 92.9 Å². The summed E-state index contributed by atoms with van der Waals surface area (Å²) in [5.74, 6) is -1.08. The third-order valence-corrected chi connectivity index (χ3v) is 6.99. The van der Waals surface area contributed by atoms with Crippen molar-refractivity contribution in [2.45, 2.75) is 13.0 Å². The number of anilines is 1. The molecule has 4 aromatic rings. The van der Waals surface area contributed by atoms with Gasteiger partial charge in [0, 0.05) is 3.57 Å². The molecule has 0 fully saturated rings. The minimum absolute atomic E-state index is 0.0366. The molecule has 1 amide bonds. The Balaban J connectivity index is 1.64. The van der Waals surface area contributed by atoms with Gasteiger partial charge in [-0.25, -0.2) is 4.98 Å². The van der Waals surface area contributed by atoms with Crippen LogP contribution in [-0.2, 0) is 4.79 Å². The number of fused-ring (bicyclic) bond motifs is 1. The second-order valence-corrected chi connectivity index (χ2v) is 9.51. The fourth-order valence-electron chi connectivity index (χ4n) is 3.79. The van der Waals surface area contributed by atoms with Gasteiger partial charge in [0.05, 0.1) is 34.7 Å². The molecular formula is C24H17IN2O5S. The molecule has 0 bridgehead atoms. The third-order valence-electron chi connectivity index (χ3n) is 5.25. The Morgan fingerprint density at radius 2 is 2.03 bits per heavy atom. The number of hydrogen-bond acceptors (Lipinski definition) is 7. The molecular weight excluding hydrogens is 555 g/mol. The maximum Gasteiger partial charge on any atom is 0.296 e. The number of aliphatic hydroxyl groups is 1. The number of halogens is 1. The molecule has 0 saturated heterocycles. The number of nitrogens with zero attached hydrogens (tertiary/aromatic N) is 2. The predicted molar refractivity (Wildman–Crippen MR) is 133 cm³/mol. The van der Waals surface area contributed by atoms with Gasteiger partial charge in [0.2, 0.25) is 5.78 Å². The molecule has 33 heavy (non-hydrogen) atoms. The second-order valence-electron chi connectivity index (χ2n) is 7.26. The Bertz CT molecular complexity index is 1390. The Morgan fingerprint density at radius 3 is 2.73 bits per heavy atom. The zero-order valence-electron chi connectivity index (χ0n) is 17.3. The monoisotopic (exact) mass is 572 g/mol. The normalized spacial score (nSPS) is 16.1. The van der Waals surface area contributed by atoms with Crippen molar-refractivity contribution < 1.29 is 23.8 Å². The molecule has 1 unspecified atom stereocenters. The van der Waals surface area contributed by atoms with Gasteiger partial charge in [-0.3, -0.25) is 14.5 Å². The Labute approximate surface area is 206 Å². The van der Waals surface area contributed by atoms with Crippen molar-refractivity contribution in [2.75, 3.05) is 11.5 Å². The minimum atomic E-state index is -0.848. The van der Waals surface area contributed by atoms with Crippen LogP contribution in [0.5, 0.6) is 5.75 Å². The number of ketones is 1. The maximum atomic E-state index is 13.3. The van der Waals surface area contributed by atoms with Crippen LogP contribution in [0.4, 0.5) is 5.13 Å². The highest BCUT2D eigenvalue weighted by molar-refractivity contribution is 14.1. The molecule has 166 valence electrons. The van der Waals surface area contributed by atoms with E-state index < -0.39 is 23.5 Å². The SMILES string of the molecule is CCOc1ccc2nc(N3C(=O)C(O)=C(C(=O)c4ccco4)C3c3ccc(I)cc3)sc2c1. The van der Waals surface area contributed by atoms with E-state index in [1.54, 1.807) is 6.07 Å². The number of aromatic nitrogens is 1. The van der Waals surface area contributed by atoms with Crippen molar-refractivity contribution in [2.24, 2.45) is 0 Å². The van der Waals surface area contributed by atoms with Gasteiger partial charge in [-0.2, -0.15) is 0 Å². The van der Waals surface area contributed by atoms with Crippen LogP contribution in [0, 0.1) is 3.57 Å². The van der Waals surface area contributed by atoms with E-state index in [1.807, 2.05) is 49.4 Å². The lowest BCUT2D eigenvalue weighted by molar-refractivity contribution is -0.117. The molecule has 3 heterocycles. The Morgan fingerprint density at radius 1 is 1.24 bits per heavy atom. The molecule has 7 nitrogen and oxygen atoms in total. The van der Waals surface area contributed by atoms with Gasteiger partial charge in [-0.05, 0) is 77.5 Å². The number of rotatable bonds is 6. The quantitative estimate of drug-likeness (QED) is 0.236. The zero-order valence-corrected chi connectivity index (χ0v) is 20.3. The number of ether oxygens (including phenoxy) is 1. The molecule has 0 spiro atoms. The first-order chi connectivity index (χ1) is 16.0. The third kappa shape index (κ3) is 3.80. The molecule has 1 atom stereocenters. The van der Waals surface area contributed by atoms with Crippen molar-refractivity contribution in [1.29, 1.82) is 0 Å². The lowest BCUT2D eigenvalue weighted by Crippen LogP contribution is -2.30. The van der Waals surface area contributed by atoms with Crippen LogP contribution in [0.25, 0.3) is 10.2 Å². The number of Topliss-reactive ketones (excluding diaryl/α,β-unsaturated/α-hetero) is 1. The lowest BCUT2D eigenvalue weighted by Gasteiger charge is -2.24. The smallest absolute Gasteiger partial charge is 0.296 e. The highest BCUT2D eigenvalue weighted by atomic mass is 127. The number of carbonyl (C=O) groups excluding carboxylic acids is 2. The summed E-state index contributed by atoms with van der Waals surface area (Å²) in [7, 11) is 0. The lowest BCUT2D eigenvalue weighted by atomic mass is 9.95. The van der Waals surface area contributed by atoms with Crippen LogP contribution in [0.3, 0.4) is 0 Å². The first-order valence-corrected chi connectivity index (χ1v) is 12.0. The second kappa shape index (κ2) is 8.64. The van der Waals surface area contributed by atoms with Crippen molar-refractivity contribution >= 4 is 61.0 Å². The average molecular weight is 572 g/mol. The van der Waals surface area contributed by atoms with E-state index in [4.69, 9.17) is 9.15 Å². The van der Waals surface area contributed by atoms with Gasteiger partial charge in [0.25, 0.3) is 5.91 Å². The summed E-state index contributed by atoms with van der Waals surface area (Å²) in [5.41, 5.74) is 1.33. The number of hydrogen-bond donors (Lipinski definition) is 1. The van der Waals surface area contributed by atoms with Crippen LogP contribution in [0.1, 0.15) is 29.1 Å². The van der Waals surface area contributed by atoms with Crippen LogP contribution in [-0.4, -0.2) is 28.4 Å².